The predicted octanol–water partition coefficient (Wildman–Crippen LogP) is 2.64. The summed E-state index contributed by atoms with van der Waals surface area (Å²) in [6, 6.07) is 15.0. The van der Waals surface area contributed by atoms with Crippen LogP contribution in [0, 0.1) is 6.92 Å². The van der Waals surface area contributed by atoms with Gasteiger partial charge in [0, 0.05) is 5.56 Å². The Labute approximate surface area is 167 Å². The number of nitrogens with one attached hydrogen (secondary N) is 2. The first kappa shape index (κ1) is 19.6. The summed E-state index contributed by atoms with van der Waals surface area (Å²) in [5.41, 5.74) is 5.24. The number of hydrogen-bond donors (Lipinski definition) is 3. The van der Waals surface area contributed by atoms with Crippen LogP contribution < -0.4 is 9.99 Å². The molecule has 2 aromatic carbocycles. The number of phenolic OH excluding ortho intramolecular Hbond substituents is 1. The third-order valence-electron chi connectivity index (χ3n) is 4.06. The van der Waals surface area contributed by atoms with E-state index in [0.717, 1.165) is 23.1 Å². The van der Waals surface area contributed by atoms with Gasteiger partial charge in [0.15, 0.2) is 0 Å². The maximum atomic E-state index is 12.0. The summed E-state index contributed by atoms with van der Waals surface area (Å²) in [5, 5.41) is 21.7. The molecule has 0 fully saturated rings. The fourth-order valence-corrected chi connectivity index (χ4v) is 3.40. The van der Waals surface area contributed by atoms with Crippen LogP contribution in [0.5, 0.6) is 5.75 Å². The lowest BCUT2D eigenvalue weighted by atomic mass is 10.1. The Balaban J connectivity index is 1.60. The molecule has 0 unspecified atom stereocenters. The van der Waals surface area contributed by atoms with E-state index >= 15 is 0 Å². The van der Waals surface area contributed by atoms with Crippen molar-refractivity contribution in [3.63, 3.8) is 0 Å². The van der Waals surface area contributed by atoms with Gasteiger partial charge in [0.1, 0.15) is 5.75 Å². The molecule has 3 aromatic rings. The molecule has 28 heavy (non-hydrogen) atoms. The molecule has 1 aromatic heterocycles. The van der Waals surface area contributed by atoms with Crippen molar-refractivity contribution in [1.29, 1.82) is 0 Å². The topological polar surface area (TPSA) is 94.2 Å². The smallest absolute Gasteiger partial charge is 0.337 e. The Bertz CT molecular complexity index is 983. The Morgan fingerprint density at radius 1 is 1.29 bits per heavy atom. The van der Waals surface area contributed by atoms with Crippen molar-refractivity contribution in [2.75, 3.05) is 5.75 Å². The fourth-order valence-electron chi connectivity index (χ4n) is 2.59. The quantitative estimate of drug-likeness (QED) is 0.248. The van der Waals surface area contributed by atoms with E-state index in [1.165, 1.54) is 23.5 Å². The molecule has 8 heteroatoms. The number of aromatic hydroxyl groups is 1. The van der Waals surface area contributed by atoms with Gasteiger partial charge in [0.2, 0.25) is 0 Å². The van der Waals surface area contributed by atoms with Gasteiger partial charge in [-0.15, -0.1) is 5.10 Å². The number of amides is 1. The molecule has 7 nitrogen and oxygen atoms in total. The van der Waals surface area contributed by atoms with Gasteiger partial charge in [0.05, 0.1) is 29.2 Å². The Morgan fingerprint density at radius 3 is 2.75 bits per heavy atom. The maximum Gasteiger partial charge on any atom is 0.337 e. The van der Waals surface area contributed by atoms with E-state index in [0.29, 0.717) is 5.56 Å². The second-order valence-electron chi connectivity index (χ2n) is 6.11. The summed E-state index contributed by atoms with van der Waals surface area (Å²) in [6.45, 7) is 4.81. The fraction of sp³-hybridized carbons (Fsp3) is 0.200. The minimum absolute atomic E-state index is 0.110. The third-order valence-corrected chi connectivity index (χ3v) is 5.04. The molecule has 0 spiro atoms. The molecule has 0 saturated heterocycles. The molecule has 0 aliphatic rings. The zero-order valence-corrected chi connectivity index (χ0v) is 16.5. The monoisotopic (exact) mass is 396 g/mol. The van der Waals surface area contributed by atoms with Crippen LogP contribution in [0.4, 0.5) is 0 Å². The number of aryl methyl sites for hydroxylation is 1. The van der Waals surface area contributed by atoms with E-state index in [4.69, 9.17) is 0 Å². The van der Waals surface area contributed by atoms with E-state index < -0.39 is 0 Å². The normalized spacial score (nSPS) is 11.1. The molecule has 3 N–H and O–H groups in total. The molecule has 0 bridgehead atoms. The van der Waals surface area contributed by atoms with E-state index in [9.17, 15) is 9.90 Å². The highest BCUT2D eigenvalue weighted by Gasteiger charge is 2.21. The summed E-state index contributed by atoms with van der Waals surface area (Å²) in [6.07, 6.45) is 1.41. The third kappa shape index (κ3) is 4.77. The van der Waals surface area contributed by atoms with Crippen molar-refractivity contribution in [3.05, 3.63) is 59.7 Å². The highest BCUT2D eigenvalue weighted by molar-refractivity contribution is 7.99. The van der Waals surface area contributed by atoms with Gasteiger partial charge in [-0.2, -0.15) is 5.10 Å². The predicted molar refractivity (Wildman–Crippen MR) is 109 cm³/mol. The average Bonchev–Trinajstić information content (AvgIpc) is 3.11. The van der Waals surface area contributed by atoms with Crippen LogP contribution in [0.2, 0.25) is 0 Å². The van der Waals surface area contributed by atoms with E-state index in [1.54, 1.807) is 24.3 Å². The summed E-state index contributed by atoms with van der Waals surface area (Å²) in [7, 11) is 0. The average molecular weight is 396 g/mol. The van der Waals surface area contributed by atoms with Gasteiger partial charge < -0.3 is 5.11 Å². The van der Waals surface area contributed by atoms with Gasteiger partial charge in [0.25, 0.3) is 11.7 Å². The maximum absolute atomic E-state index is 12.0. The van der Waals surface area contributed by atoms with E-state index in [1.807, 2.05) is 30.5 Å². The van der Waals surface area contributed by atoms with Crippen LogP contribution in [0.15, 0.2) is 58.8 Å². The van der Waals surface area contributed by atoms with E-state index in [2.05, 4.69) is 32.9 Å². The highest BCUT2D eigenvalue weighted by Crippen LogP contribution is 2.18. The van der Waals surface area contributed by atoms with Crippen LogP contribution in [-0.2, 0) is 11.3 Å². The number of thioether (sulfide) groups is 1. The summed E-state index contributed by atoms with van der Waals surface area (Å²) < 4.78 is 2.04. The zero-order valence-electron chi connectivity index (χ0n) is 15.7. The first-order valence-electron chi connectivity index (χ1n) is 8.86. The summed E-state index contributed by atoms with van der Waals surface area (Å²) >= 11 is 1.33. The number of H-pyrrole nitrogens is 1. The molecular formula is C20H22N5O2S+. The lowest BCUT2D eigenvalue weighted by Crippen LogP contribution is -2.36. The van der Waals surface area contributed by atoms with E-state index in [-0.39, 0.29) is 17.4 Å². The van der Waals surface area contributed by atoms with Crippen molar-refractivity contribution in [1.82, 2.24) is 15.6 Å². The number of carbonyl (C=O) groups excluding carboxylic acids is 1. The molecular weight excluding hydrogens is 374 g/mol. The number of carbonyl (C=O) groups is 1. The molecule has 1 amide bonds. The van der Waals surface area contributed by atoms with Crippen molar-refractivity contribution in [3.8, 4) is 17.1 Å². The van der Waals surface area contributed by atoms with Crippen LogP contribution in [0.3, 0.4) is 0 Å². The Morgan fingerprint density at radius 2 is 2.04 bits per heavy atom. The number of benzene rings is 2. The van der Waals surface area contributed by atoms with Gasteiger partial charge >= 0.3 is 5.16 Å². The first-order valence-corrected chi connectivity index (χ1v) is 9.85. The number of nitrogens with zero attached hydrogens (tertiary/aromatic N) is 3. The molecule has 0 atom stereocenters. The van der Waals surface area contributed by atoms with Crippen molar-refractivity contribution in [2.45, 2.75) is 25.5 Å². The number of hydrazone groups is 1. The van der Waals surface area contributed by atoms with Crippen molar-refractivity contribution in [2.24, 2.45) is 5.10 Å². The summed E-state index contributed by atoms with van der Waals surface area (Å²) in [4.78, 5) is 12.0. The van der Waals surface area contributed by atoms with Crippen molar-refractivity contribution < 1.29 is 14.5 Å². The number of para-hydroxylation sites is 1. The summed E-state index contributed by atoms with van der Waals surface area (Å²) in [5.74, 6) is 0.942. The van der Waals surface area contributed by atoms with Crippen LogP contribution in [0.25, 0.3) is 11.4 Å². The van der Waals surface area contributed by atoms with Crippen LogP contribution in [-0.4, -0.2) is 33.2 Å². The van der Waals surface area contributed by atoms with Crippen molar-refractivity contribution >= 4 is 23.9 Å². The highest BCUT2D eigenvalue weighted by atomic mass is 32.2. The number of aromatic nitrogens is 3. The standard InChI is InChI=1S/C20H21N5O2S/c1-3-25-19(15-10-8-14(2)9-11-15)23-24-20(25)28-13-18(27)22-21-12-16-6-4-5-7-17(16)26/h4-12H,3,13H2,1-2H3,(H2,21,22,26,27)/p+1. The number of rotatable bonds is 7. The largest absolute Gasteiger partial charge is 0.507 e. The SMILES string of the molecule is CC[n+]1c(SCC(=O)NN=Cc2ccccc2O)n[nH]c1-c1ccc(C)cc1. The first-order chi connectivity index (χ1) is 13.6. The minimum atomic E-state index is -0.251. The number of aromatic amines is 1. The molecule has 1 heterocycles. The molecule has 0 saturated carbocycles. The van der Waals surface area contributed by atoms with Gasteiger partial charge in [-0.1, -0.05) is 29.8 Å². The van der Waals surface area contributed by atoms with Gasteiger partial charge in [-0.3, -0.25) is 4.79 Å². The lowest BCUT2D eigenvalue weighted by molar-refractivity contribution is -0.719. The molecule has 0 radical (unpaired) electrons. The Hall–Kier alpha value is -3.13. The molecule has 0 aliphatic heterocycles. The lowest BCUT2D eigenvalue weighted by Gasteiger charge is -2.02. The minimum Gasteiger partial charge on any atom is -0.507 e. The number of phenols is 1. The van der Waals surface area contributed by atoms with Gasteiger partial charge in [-0.25, -0.2) is 9.99 Å². The molecule has 3 rings (SSSR count). The zero-order chi connectivity index (χ0) is 19.9. The second-order valence-corrected chi connectivity index (χ2v) is 7.05. The second kappa shape index (κ2) is 9.18. The van der Waals surface area contributed by atoms with Gasteiger partial charge in [-0.05, 0) is 49.9 Å². The van der Waals surface area contributed by atoms with Crippen LogP contribution >= 0.6 is 11.8 Å². The number of hydrogen-bond acceptors (Lipinski definition) is 5. The van der Waals surface area contributed by atoms with Crippen LogP contribution in [0.1, 0.15) is 18.1 Å². The molecule has 0 aliphatic carbocycles. The Kier molecular flexibility index (Phi) is 6.44. The molecule has 144 valence electrons.